The van der Waals surface area contributed by atoms with Gasteiger partial charge in [-0.15, -0.1) is 0 Å². The van der Waals surface area contributed by atoms with E-state index < -0.39 is 0 Å². The molecule has 0 heterocycles. The fourth-order valence-electron chi connectivity index (χ4n) is 2.73. The van der Waals surface area contributed by atoms with Crippen LogP contribution in [0, 0.1) is 5.92 Å². The molecule has 3 atom stereocenters. The van der Waals surface area contributed by atoms with E-state index in [4.69, 9.17) is 22.1 Å². The molecule has 0 bridgehead atoms. The molecule has 18 heavy (non-hydrogen) atoms. The molecule has 1 aromatic rings. The summed E-state index contributed by atoms with van der Waals surface area (Å²) in [5, 5.41) is 0.747. The topological polar surface area (TPSA) is 35.2 Å². The lowest BCUT2D eigenvalue weighted by molar-refractivity contribution is -0.0360. The number of nitrogens with two attached hydrogens (primary N) is 1. The quantitative estimate of drug-likeness (QED) is 0.897. The zero-order chi connectivity index (χ0) is 13.0. The van der Waals surface area contributed by atoms with Crippen LogP contribution >= 0.6 is 11.6 Å². The summed E-state index contributed by atoms with van der Waals surface area (Å²) in [6, 6.07) is 7.82. The second kappa shape index (κ2) is 6.55. The smallest absolute Gasteiger partial charge is 0.0965 e. The van der Waals surface area contributed by atoms with Crippen LogP contribution in [0.15, 0.2) is 24.3 Å². The molecule has 1 aromatic carbocycles. The molecule has 0 amide bonds. The molecule has 0 saturated heterocycles. The van der Waals surface area contributed by atoms with E-state index in [2.05, 4.69) is 6.92 Å². The van der Waals surface area contributed by atoms with Gasteiger partial charge in [0.15, 0.2) is 0 Å². The van der Waals surface area contributed by atoms with E-state index in [-0.39, 0.29) is 6.10 Å². The normalized spacial score (nSPS) is 25.9. The number of rotatable bonds is 4. The van der Waals surface area contributed by atoms with Crippen molar-refractivity contribution < 1.29 is 4.74 Å². The molecule has 0 spiro atoms. The van der Waals surface area contributed by atoms with Crippen molar-refractivity contribution in [3.05, 3.63) is 34.9 Å². The highest BCUT2D eigenvalue weighted by molar-refractivity contribution is 6.31. The Morgan fingerprint density at radius 3 is 2.83 bits per heavy atom. The highest BCUT2D eigenvalue weighted by atomic mass is 35.5. The average molecular weight is 268 g/mol. The highest BCUT2D eigenvalue weighted by Gasteiger charge is 2.23. The van der Waals surface area contributed by atoms with Gasteiger partial charge in [-0.1, -0.05) is 49.6 Å². The van der Waals surface area contributed by atoms with Crippen LogP contribution in [0.5, 0.6) is 0 Å². The van der Waals surface area contributed by atoms with Crippen molar-refractivity contribution in [1.82, 2.24) is 0 Å². The fraction of sp³-hybridized carbons (Fsp3) is 0.600. The van der Waals surface area contributed by atoms with Gasteiger partial charge in [-0.2, -0.15) is 0 Å². The van der Waals surface area contributed by atoms with Gasteiger partial charge in [-0.05, 0) is 24.8 Å². The summed E-state index contributed by atoms with van der Waals surface area (Å²) in [6.07, 6.45) is 5.12. The molecule has 3 heteroatoms. The predicted octanol–water partition coefficient (Wildman–Crippen LogP) is 3.94. The lowest BCUT2D eigenvalue weighted by atomic mass is 9.88. The zero-order valence-corrected chi connectivity index (χ0v) is 11.7. The molecule has 1 saturated carbocycles. The summed E-state index contributed by atoms with van der Waals surface area (Å²) in [6.45, 7) is 2.77. The minimum Gasteiger partial charge on any atom is -0.369 e. The minimum atomic E-state index is -0.0750. The van der Waals surface area contributed by atoms with E-state index in [0.717, 1.165) is 29.3 Å². The third-order valence-electron chi connectivity index (χ3n) is 3.71. The molecule has 1 fully saturated rings. The fourth-order valence-corrected chi connectivity index (χ4v) is 2.98. The molecule has 100 valence electrons. The van der Waals surface area contributed by atoms with E-state index in [1.54, 1.807) is 0 Å². The van der Waals surface area contributed by atoms with Gasteiger partial charge in [0.25, 0.3) is 0 Å². The Balaban J connectivity index is 2.03. The molecular formula is C15H22ClNO. The number of hydrogen-bond acceptors (Lipinski definition) is 2. The van der Waals surface area contributed by atoms with Crippen molar-refractivity contribution in [3.63, 3.8) is 0 Å². The Morgan fingerprint density at radius 2 is 2.17 bits per heavy atom. The summed E-state index contributed by atoms with van der Waals surface area (Å²) in [4.78, 5) is 0. The van der Waals surface area contributed by atoms with Crippen molar-refractivity contribution in [1.29, 1.82) is 0 Å². The monoisotopic (exact) mass is 267 g/mol. The van der Waals surface area contributed by atoms with Crippen molar-refractivity contribution in [2.24, 2.45) is 11.7 Å². The predicted molar refractivity (Wildman–Crippen MR) is 75.8 cm³/mol. The van der Waals surface area contributed by atoms with Gasteiger partial charge >= 0.3 is 0 Å². The summed E-state index contributed by atoms with van der Waals surface area (Å²) in [5.41, 5.74) is 6.86. The van der Waals surface area contributed by atoms with Gasteiger partial charge in [0.1, 0.15) is 0 Å². The van der Waals surface area contributed by atoms with E-state index in [9.17, 15) is 0 Å². The zero-order valence-electron chi connectivity index (χ0n) is 10.9. The molecule has 3 unspecified atom stereocenters. The summed E-state index contributed by atoms with van der Waals surface area (Å²) < 4.78 is 6.17. The first kappa shape index (κ1) is 13.9. The van der Waals surface area contributed by atoms with Gasteiger partial charge < -0.3 is 10.5 Å². The largest absolute Gasteiger partial charge is 0.369 e. The Hall–Kier alpha value is -0.570. The maximum atomic E-state index is 6.21. The molecule has 0 aliphatic heterocycles. The Morgan fingerprint density at radius 1 is 1.39 bits per heavy atom. The molecule has 2 N–H and O–H groups in total. The molecule has 0 radical (unpaired) electrons. The van der Waals surface area contributed by atoms with Gasteiger partial charge in [0.2, 0.25) is 0 Å². The van der Waals surface area contributed by atoms with Crippen LogP contribution in [-0.2, 0) is 4.74 Å². The second-order valence-electron chi connectivity index (χ2n) is 5.28. The summed E-state index contributed by atoms with van der Waals surface area (Å²) in [7, 11) is 0. The van der Waals surface area contributed by atoms with Crippen molar-refractivity contribution in [3.8, 4) is 0 Å². The van der Waals surface area contributed by atoms with E-state index in [1.165, 1.54) is 12.8 Å². The van der Waals surface area contributed by atoms with E-state index in [0.29, 0.717) is 12.6 Å². The standard InChI is InChI=1S/C15H22ClNO/c1-11-5-4-6-12(9-11)18-15(10-17)13-7-2-3-8-14(13)16/h2-3,7-8,11-12,15H,4-6,9-10,17H2,1H3. The number of benzene rings is 1. The van der Waals surface area contributed by atoms with Crippen molar-refractivity contribution in [2.75, 3.05) is 6.54 Å². The Labute approximate surface area is 114 Å². The van der Waals surface area contributed by atoms with Gasteiger partial charge in [0.05, 0.1) is 12.2 Å². The molecule has 2 rings (SSSR count). The van der Waals surface area contributed by atoms with Crippen LogP contribution in [0.2, 0.25) is 5.02 Å². The number of halogens is 1. The molecular weight excluding hydrogens is 246 g/mol. The third-order valence-corrected chi connectivity index (χ3v) is 4.06. The summed E-state index contributed by atoms with van der Waals surface area (Å²) >= 11 is 6.21. The average Bonchev–Trinajstić information content (AvgIpc) is 2.37. The molecule has 0 aromatic heterocycles. The van der Waals surface area contributed by atoms with E-state index >= 15 is 0 Å². The van der Waals surface area contributed by atoms with Gasteiger partial charge in [0, 0.05) is 17.1 Å². The van der Waals surface area contributed by atoms with Crippen molar-refractivity contribution in [2.45, 2.75) is 44.8 Å². The van der Waals surface area contributed by atoms with Crippen LogP contribution in [-0.4, -0.2) is 12.6 Å². The first-order valence-corrected chi connectivity index (χ1v) is 7.18. The second-order valence-corrected chi connectivity index (χ2v) is 5.68. The summed E-state index contributed by atoms with van der Waals surface area (Å²) in [5.74, 6) is 0.758. The first-order chi connectivity index (χ1) is 8.70. The number of hydrogen-bond donors (Lipinski definition) is 1. The van der Waals surface area contributed by atoms with Crippen LogP contribution in [0.25, 0.3) is 0 Å². The Kier molecular flexibility index (Phi) is 5.04. The van der Waals surface area contributed by atoms with Crippen LogP contribution in [0.4, 0.5) is 0 Å². The highest BCUT2D eigenvalue weighted by Crippen LogP contribution is 2.31. The first-order valence-electron chi connectivity index (χ1n) is 6.80. The SMILES string of the molecule is CC1CCCC(OC(CN)c2ccccc2Cl)C1. The van der Waals surface area contributed by atoms with Gasteiger partial charge in [-0.25, -0.2) is 0 Å². The minimum absolute atomic E-state index is 0.0750. The van der Waals surface area contributed by atoms with E-state index in [1.807, 2.05) is 24.3 Å². The van der Waals surface area contributed by atoms with Crippen LogP contribution in [0.3, 0.4) is 0 Å². The Bertz CT molecular complexity index is 383. The van der Waals surface area contributed by atoms with Crippen molar-refractivity contribution >= 4 is 11.6 Å². The lowest BCUT2D eigenvalue weighted by Crippen LogP contribution is -2.27. The molecule has 1 aliphatic carbocycles. The van der Waals surface area contributed by atoms with Crippen LogP contribution < -0.4 is 5.73 Å². The molecule has 2 nitrogen and oxygen atoms in total. The number of ether oxygens (including phenoxy) is 1. The maximum Gasteiger partial charge on any atom is 0.0965 e. The lowest BCUT2D eigenvalue weighted by Gasteiger charge is -2.30. The third kappa shape index (κ3) is 3.47. The van der Waals surface area contributed by atoms with Gasteiger partial charge in [-0.3, -0.25) is 0 Å². The maximum absolute atomic E-state index is 6.21. The molecule has 1 aliphatic rings. The van der Waals surface area contributed by atoms with Crippen LogP contribution in [0.1, 0.15) is 44.3 Å².